The first-order valence-corrected chi connectivity index (χ1v) is 11.9. The molecule has 2 aliphatic heterocycles. The molecule has 1 aromatic rings. The van der Waals surface area contributed by atoms with Crippen molar-refractivity contribution in [3.63, 3.8) is 0 Å². The number of hydrogen-bond acceptors (Lipinski definition) is 8. The number of piperidine rings is 1. The molecule has 1 saturated carbocycles. The Labute approximate surface area is 195 Å². The number of nitrogens with one attached hydrogen (secondary N) is 1. The number of likely N-dealkylation sites (N-methyl/N-ethyl adjacent to an activating group) is 1. The van der Waals surface area contributed by atoms with Crippen LogP contribution in [0.4, 0.5) is 0 Å². The van der Waals surface area contributed by atoms with Gasteiger partial charge in [-0.1, -0.05) is 6.07 Å². The number of likely N-dealkylation sites (tertiary alicyclic amines) is 1. The van der Waals surface area contributed by atoms with Crippen molar-refractivity contribution in [2.45, 2.75) is 87.3 Å². The van der Waals surface area contributed by atoms with Crippen molar-refractivity contribution < 1.29 is 29.2 Å². The van der Waals surface area contributed by atoms with Crippen molar-refractivity contribution in [3.8, 4) is 11.5 Å². The number of carbonyl (C=O) groups is 1. The number of hydrogen-bond donors (Lipinski definition) is 3. The minimum Gasteiger partial charge on any atom is -0.504 e. The summed E-state index contributed by atoms with van der Waals surface area (Å²) < 4.78 is 18.5. The molecule has 0 amide bonds. The van der Waals surface area contributed by atoms with Gasteiger partial charge in [0.15, 0.2) is 11.5 Å². The number of aromatic hydroxyl groups is 1. The molecule has 3 N–H and O–H groups in total. The first-order valence-electron chi connectivity index (χ1n) is 11.9. The zero-order chi connectivity index (χ0) is 23.8. The fourth-order valence-electron chi connectivity index (χ4n) is 7.14. The highest BCUT2D eigenvalue weighted by atomic mass is 16.6. The van der Waals surface area contributed by atoms with Crippen LogP contribution in [0, 0.1) is 0 Å². The van der Waals surface area contributed by atoms with Gasteiger partial charge in [-0.05, 0) is 71.7 Å². The maximum atomic E-state index is 12.8. The number of carbonyl (C=O) groups excluding carboxylic acids is 1. The van der Waals surface area contributed by atoms with E-state index in [2.05, 4.69) is 17.3 Å². The molecule has 8 heteroatoms. The third-order valence-corrected chi connectivity index (χ3v) is 8.34. The Balaban J connectivity index is 1.56. The summed E-state index contributed by atoms with van der Waals surface area (Å²) in [4.78, 5) is 15.2. The Hall–Kier alpha value is -1.87. The maximum Gasteiger partial charge on any atom is 0.326 e. The molecule has 2 aliphatic carbocycles. The summed E-state index contributed by atoms with van der Waals surface area (Å²) in [5, 5.41) is 24.1. The lowest BCUT2D eigenvalue weighted by atomic mass is 9.48. The first kappa shape index (κ1) is 22.9. The standard InChI is InChI=1S/C25H36N2O6/c1-23(2,3)33-22(30)16(13-28)26-15-8-9-25(31-5)18-12-14-6-7-17(29)20-19(14)24(25,21(15)32-20)10-11-27(18)4/h6-7,15-16,18,21,26,28-29H,8-13H2,1-5H3/t15?,16-,18+,21?,24-,25+/m0/s1. The zero-order valence-electron chi connectivity index (χ0n) is 20.2. The van der Waals surface area contributed by atoms with Gasteiger partial charge in [0, 0.05) is 24.8 Å². The molecule has 182 valence electrons. The molecule has 2 unspecified atom stereocenters. The van der Waals surface area contributed by atoms with Crippen molar-refractivity contribution in [1.82, 2.24) is 10.2 Å². The van der Waals surface area contributed by atoms with Gasteiger partial charge in [0.25, 0.3) is 0 Å². The summed E-state index contributed by atoms with van der Waals surface area (Å²) in [6.45, 7) is 5.97. The van der Waals surface area contributed by atoms with Crippen LogP contribution in [0.1, 0.15) is 51.2 Å². The predicted molar refractivity (Wildman–Crippen MR) is 122 cm³/mol. The molecule has 1 spiro atoms. The fourth-order valence-corrected chi connectivity index (χ4v) is 7.14. The van der Waals surface area contributed by atoms with Crippen LogP contribution in [0.5, 0.6) is 11.5 Å². The van der Waals surface area contributed by atoms with E-state index in [-0.39, 0.29) is 30.5 Å². The number of phenols is 1. The van der Waals surface area contributed by atoms with Crippen LogP contribution in [0.2, 0.25) is 0 Å². The Morgan fingerprint density at radius 2 is 2.12 bits per heavy atom. The van der Waals surface area contributed by atoms with Gasteiger partial charge in [-0.3, -0.25) is 10.1 Å². The second kappa shape index (κ2) is 7.57. The average Bonchev–Trinajstić information content (AvgIpc) is 3.11. The Bertz CT molecular complexity index is 961. The average molecular weight is 461 g/mol. The summed E-state index contributed by atoms with van der Waals surface area (Å²) in [5.74, 6) is 0.216. The van der Waals surface area contributed by atoms with Gasteiger partial charge in [0.1, 0.15) is 17.7 Å². The first-order chi connectivity index (χ1) is 15.6. The smallest absolute Gasteiger partial charge is 0.326 e. The normalized spacial score (nSPS) is 35.5. The van der Waals surface area contributed by atoms with Gasteiger partial charge in [-0.15, -0.1) is 0 Å². The zero-order valence-corrected chi connectivity index (χ0v) is 20.2. The van der Waals surface area contributed by atoms with E-state index in [1.165, 1.54) is 5.56 Å². The second-order valence-electron chi connectivity index (χ2n) is 11.1. The number of phenolic OH excluding ortho intramolecular Hbond substituents is 1. The predicted octanol–water partition coefficient (Wildman–Crippen LogP) is 1.49. The van der Waals surface area contributed by atoms with Crippen molar-refractivity contribution >= 4 is 5.97 Å². The summed E-state index contributed by atoms with van der Waals surface area (Å²) in [6.07, 6.45) is 2.85. The number of nitrogens with zero attached hydrogens (tertiary/aromatic N) is 1. The van der Waals surface area contributed by atoms with Crippen molar-refractivity contribution in [3.05, 3.63) is 23.3 Å². The molecule has 8 nitrogen and oxygen atoms in total. The summed E-state index contributed by atoms with van der Waals surface area (Å²) in [6, 6.07) is 2.87. The van der Waals surface area contributed by atoms with Gasteiger partial charge in [-0.25, -0.2) is 0 Å². The molecule has 1 aromatic carbocycles. The molecule has 0 aromatic heterocycles. The number of methoxy groups -OCH3 is 1. The Kier molecular flexibility index (Phi) is 5.25. The Morgan fingerprint density at radius 3 is 2.79 bits per heavy atom. The minimum absolute atomic E-state index is 0.143. The van der Waals surface area contributed by atoms with Crippen molar-refractivity contribution in [2.75, 3.05) is 27.3 Å². The van der Waals surface area contributed by atoms with Gasteiger partial charge < -0.3 is 29.3 Å². The van der Waals surface area contributed by atoms with E-state index in [0.717, 1.165) is 31.4 Å². The number of benzene rings is 1. The van der Waals surface area contributed by atoms with Crippen molar-refractivity contribution in [1.29, 1.82) is 0 Å². The van der Waals surface area contributed by atoms with Crippen molar-refractivity contribution in [2.24, 2.45) is 0 Å². The molecule has 2 heterocycles. The lowest BCUT2D eigenvalue weighted by Gasteiger charge is -2.65. The van der Waals surface area contributed by atoms with E-state index >= 15 is 0 Å². The molecule has 2 fully saturated rings. The second-order valence-corrected chi connectivity index (χ2v) is 11.1. The quantitative estimate of drug-likeness (QED) is 0.569. The van der Waals surface area contributed by atoms with Crippen LogP contribution in [0.25, 0.3) is 0 Å². The molecule has 4 aliphatic rings. The monoisotopic (exact) mass is 460 g/mol. The molecule has 2 bridgehead atoms. The third-order valence-electron chi connectivity index (χ3n) is 8.34. The summed E-state index contributed by atoms with van der Waals surface area (Å²) in [5.41, 5.74) is 0.734. The largest absolute Gasteiger partial charge is 0.504 e. The van der Waals surface area contributed by atoms with Gasteiger partial charge in [0.2, 0.25) is 0 Å². The van der Waals surface area contributed by atoms with Crippen LogP contribution in [0.15, 0.2) is 12.1 Å². The van der Waals surface area contributed by atoms with Gasteiger partial charge in [0.05, 0.1) is 17.6 Å². The van der Waals surface area contributed by atoms with E-state index < -0.39 is 28.6 Å². The van der Waals surface area contributed by atoms with E-state index in [9.17, 15) is 15.0 Å². The minimum atomic E-state index is -0.855. The number of esters is 1. The van der Waals surface area contributed by atoms with Crippen LogP contribution in [0.3, 0.4) is 0 Å². The number of rotatable bonds is 5. The molecule has 33 heavy (non-hydrogen) atoms. The molecular formula is C25H36N2O6. The summed E-state index contributed by atoms with van der Waals surface area (Å²) >= 11 is 0. The highest BCUT2D eigenvalue weighted by Crippen LogP contribution is 2.66. The van der Waals surface area contributed by atoms with E-state index in [4.69, 9.17) is 14.2 Å². The Morgan fingerprint density at radius 1 is 1.36 bits per heavy atom. The number of ether oxygens (including phenoxy) is 3. The lowest BCUT2D eigenvalue weighted by molar-refractivity contribution is -0.204. The highest BCUT2D eigenvalue weighted by molar-refractivity contribution is 5.76. The SMILES string of the molecule is CO[C@@]12CCC(N[C@@H](CO)C(=O)OC(C)(C)C)C3Oc4c(O)ccc5c4[C@@]31CCN(C)[C@@H]2C5. The maximum absolute atomic E-state index is 12.8. The lowest BCUT2D eigenvalue weighted by Crippen LogP contribution is -2.78. The summed E-state index contributed by atoms with van der Waals surface area (Å²) in [7, 11) is 3.95. The number of aliphatic hydroxyl groups excluding tert-OH is 1. The van der Waals surface area contributed by atoms with Crippen LogP contribution < -0.4 is 10.1 Å². The van der Waals surface area contributed by atoms with E-state index in [1.807, 2.05) is 26.8 Å². The molecule has 0 radical (unpaired) electrons. The molecule has 1 saturated heterocycles. The molecular weight excluding hydrogens is 424 g/mol. The van der Waals surface area contributed by atoms with Gasteiger partial charge in [-0.2, -0.15) is 0 Å². The van der Waals surface area contributed by atoms with E-state index in [0.29, 0.717) is 12.2 Å². The highest BCUT2D eigenvalue weighted by Gasteiger charge is 2.73. The van der Waals surface area contributed by atoms with E-state index in [1.54, 1.807) is 13.2 Å². The van der Waals surface area contributed by atoms with Crippen LogP contribution in [-0.2, 0) is 26.1 Å². The van der Waals surface area contributed by atoms with Gasteiger partial charge >= 0.3 is 5.97 Å². The molecule has 6 atom stereocenters. The van der Waals surface area contributed by atoms with Crippen LogP contribution >= 0.6 is 0 Å². The molecule has 5 rings (SSSR count). The number of aliphatic hydroxyl groups is 1. The van der Waals surface area contributed by atoms with Crippen LogP contribution in [-0.4, -0.2) is 83.8 Å². The third kappa shape index (κ3) is 3.07. The fraction of sp³-hybridized carbons (Fsp3) is 0.720. The topological polar surface area (TPSA) is 100 Å².